The Morgan fingerprint density at radius 3 is 2.43 bits per heavy atom. The maximum Gasteiger partial charge on any atom is 0.238 e. The number of benzene rings is 2. The number of carbonyl (C=O) groups excluding carboxylic acids is 2. The number of fused-ring (bicyclic) bond motifs is 1. The number of rotatable bonds is 7. The van der Waals surface area contributed by atoms with Gasteiger partial charge in [0.1, 0.15) is 0 Å². The topological polar surface area (TPSA) is 124 Å². The summed E-state index contributed by atoms with van der Waals surface area (Å²) in [7, 11) is -3.82. The van der Waals surface area contributed by atoms with Gasteiger partial charge in [-0.3, -0.25) is 9.59 Å². The van der Waals surface area contributed by atoms with Gasteiger partial charge in [0.2, 0.25) is 15.9 Å². The summed E-state index contributed by atoms with van der Waals surface area (Å²) in [5.74, 6) is -0.253. The van der Waals surface area contributed by atoms with E-state index in [2.05, 4.69) is 10.3 Å². The molecule has 3 aromatic rings. The predicted molar refractivity (Wildman–Crippen MR) is 117 cm³/mol. The molecule has 0 fully saturated rings. The third kappa shape index (κ3) is 4.72. The molecule has 10 heteroatoms. The van der Waals surface area contributed by atoms with E-state index >= 15 is 0 Å². The Balaban J connectivity index is 1.85. The lowest BCUT2D eigenvalue weighted by atomic mass is 10.1. The highest BCUT2D eigenvalue weighted by atomic mass is 32.2. The molecule has 0 spiro atoms. The second-order valence-electron chi connectivity index (χ2n) is 6.72. The minimum atomic E-state index is -3.82. The molecular formula is C20H22N4O4S2. The number of Topliss-reactive ketones (excluding diaryl/α,β-unsaturated/α-hetero) is 1. The Hall–Kier alpha value is -2.69. The van der Waals surface area contributed by atoms with Crippen LogP contribution in [0, 0.1) is 0 Å². The highest BCUT2D eigenvalue weighted by molar-refractivity contribution is 8.00. The van der Waals surface area contributed by atoms with Gasteiger partial charge in [0, 0.05) is 24.7 Å². The number of nitrogens with one attached hydrogen (secondary N) is 1. The van der Waals surface area contributed by atoms with Crippen LogP contribution in [-0.2, 0) is 21.4 Å². The number of sulfonamides is 1. The molecule has 0 aliphatic rings. The van der Waals surface area contributed by atoms with Gasteiger partial charge < -0.3 is 9.88 Å². The third-order valence-corrected chi connectivity index (χ3v) is 6.47. The molecule has 0 saturated carbocycles. The van der Waals surface area contributed by atoms with Crippen LogP contribution in [0.2, 0.25) is 0 Å². The number of aryl methyl sites for hydroxylation is 1. The van der Waals surface area contributed by atoms with Crippen molar-refractivity contribution in [3.63, 3.8) is 0 Å². The van der Waals surface area contributed by atoms with Gasteiger partial charge in [0.25, 0.3) is 0 Å². The van der Waals surface area contributed by atoms with Crippen molar-refractivity contribution in [2.75, 3.05) is 5.32 Å². The summed E-state index contributed by atoms with van der Waals surface area (Å²) >= 11 is 1.30. The first-order valence-corrected chi connectivity index (χ1v) is 11.6. The molecule has 3 N–H and O–H groups in total. The highest BCUT2D eigenvalue weighted by Gasteiger charge is 2.21. The summed E-state index contributed by atoms with van der Waals surface area (Å²) < 4.78 is 25.2. The van der Waals surface area contributed by atoms with E-state index in [1.807, 2.05) is 11.5 Å². The maximum absolute atomic E-state index is 12.8. The standard InChI is InChI=1S/C20H22N4O4S2/c1-4-24-18-10-9-16(30(21,27)28)11-17(18)23-20(24)29-12(2)19(26)14-5-7-15(8-6-14)22-13(3)25/h5-12H,4H2,1-3H3,(H,22,25)(H2,21,27,28)/t12-/m1/s1. The van der Waals surface area contributed by atoms with Crippen LogP contribution in [0.25, 0.3) is 11.0 Å². The van der Waals surface area contributed by atoms with E-state index in [9.17, 15) is 18.0 Å². The normalized spacial score (nSPS) is 12.7. The Morgan fingerprint density at radius 1 is 1.20 bits per heavy atom. The fraction of sp³-hybridized carbons (Fsp3) is 0.250. The number of hydrogen-bond acceptors (Lipinski definition) is 6. The van der Waals surface area contributed by atoms with Crippen LogP contribution < -0.4 is 10.5 Å². The molecule has 158 valence electrons. The summed E-state index contributed by atoms with van der Waals surface area (Å²) in [5.41, 5.74) is 2.43. The minimum Gasteiger partial charge on any atom is -0.326 e. The summed E-state index contributed by atoms with van der Waals surface area (Å²) in [5, 5.41) is 8.08. The number of nitrogens with zero attached hydrogens (tertiary/aromatic N) is 2. The van der Waals surface area contributed by atoms with Crippen molar-refractivity contribution in [3.8, 4) is 0 Å². The highest BCUT2D eigenvalue weighted by Crippen LogP contribution is 2.30. The first-order chi connectivity index (χ1) is 14.1. The van der Waals surface area contributed by atoms with Gasteiger partial charge in [0.15, 0.2) is 10.9 Å². The number of hydrogen-bond donors (Lipinski definition) is 2. The molecule has 0 saturated heterocycles. The van der Waals surface area contributed by atoms with Crippen molar-refractivity contribution < 1.29 is 18.0 Å². The quantitative estimate of drug-likeness (QED) is 0.425. The number of primary sulfonamides is 1. The molecule has 0 aliphatic carbocycles. The van der Waals surface area contributed by atoms with Gasteiger partial charge in [-0.05, 0) is 56.3 Å². The van der Waals surface area contributed by atoms with Gasteiger partial charge >= 0.3 is 0 Å². The van der Waals surface area contributed by atoms with Crippen molar-refractivity contribution in [1.82, 2.24) is 9.55 Å². The van der Waals surface area contributed by atoms with Crippen LogP contribution in [-0.4, -0.2) is 34.9 Å². The summed E-state index contributed by atoms with van der Waals surface area (Å²) in [6.45, 7) is 5.78. The third-order valence-electron chi connectivity index (χ3n) is 4.47. The molecule has 0 radical (unpaired) electrons. The van der Waals surface area contributed by atoms with Crippen molar-refractivity contribution in [3.05, 3.63) is 48.0 Å². The van der Waals surface area contributed by atoms with E-state index < -0.39 is 15.3 Å². The van der Waals surface area contributed by atoms with Crippen LogP contribution >= 0.6 is 11.8 Å². The average Bonchev–Trinajstić information content (AvgIpc) is 3.02. The van der Waals surface area contributed by atoms with Crippen LogP contribution in [0.4, 0.5) is 5.69 Å². The molecule has 30 heavy (non-hydrogen) atoms. The fourth-order valence-electron chi connectivity index (χ4n) is 3.03. The Kier molecular flexibility index (Phi) is 6.30. The van der Waals surface area contributed by atoms with E-state index in [0.29, 0.717) is 28.5 Å². The Morgan fingerprint density at radius 2 is 1.87 bits per heavy atom. The zero-order valence-corrected chi connectivity index (χ0v) is 18.4. The predicted octanol–water partition coefficient (Wildman–Crippen LogP) is 3.03. The maximum atomic E-state index is 12.8. The van der Waals surface area contributed by atoms with Gasteiger partial charge in [-0.25, -0.2) is 18.5 Å². The molecule has 1 amide bonds. The second-order valence-corrected chi connectivity index (χ2v) is 9.59. The van der Waals surface area contributed by atoms with Gasteiger partial charge in [-0.2, -0.15) is 0 Å². The van der Waals surface area contributed by atoms with Crippen molar-refractivity contribution in [2.45, 2.75) is 42.6 Å². The van der Waals surface area contributed by atoms with Crippen molar-refractivity contribution >= 4 is 50.2 Å². The lowest BCUT2D eigenvalue weighted by Crippen LogP contribution is -2.15. The zero-order valence-electron chi connectivity index (χ0n) is 16.7. The summed E-state index contributed by atoms with van der Waals surface area (Å²) in [6.07, 6.45) is 0. The molecule has 3 rings (SSSR count). The number of nitrogens with two attached hydrogens (primary N) is 1. The van der Waals surface area contributed by atoms with Crippen LogP contribution in [0.3, 0.4) is 0 Å². The van der Waals surface area contributed by atoms with Gasteiger partial charge in [-0.15, -0.1) is 0 Å². The van der Waals surface area contributed by atoms with E-state index in [0.717, 1.165) is 5.52 Å². The minimum absolute atomic E-state index is 0.00399. The van der Waals surface area contributed by atoms with Crippen LogP contribution in [0.5, 0.6) is 0 Å². The molecule has 0 bridgehead atoms. The summed E-state index contributed by atoms with van der Waals surface area (Å²) in [4.78, 5) is 28.5. The lowest BCUT2D eigenvalue weighted by Gasteiger charge is -2.12. The number of amides is 1. The Bertz CT molecular complexity index is 1220. The fourth-order valence-corrected chi connectivity index (χ4v) is 4.63. The van der Waals surface area contributed by atoms with Crippen molar-refractivity contribution in [1.29, 1.82) is 0 Å². The largest absolute Gasteiger partial charge is 0.326 e. The average molecular weight is 447 g/mol. The number of imidazole rings is 1. The number of anilines is 1. The molecule has 1 atom stereocenters. The molecule has 8 nitrogen and oxygen atoms in total. The molecule has 0 unspecified atom stereocenters. The molecule has 1 heterocycles. The smallest absolute Gasteiger partial charge is 0.238 e. The van der Waals surface area contributed by atoms with E-state index in [-0.39, 0.29) is 16.6 Å². The first kappa shape index (κ1) is 22.0. The number of thioether (sulfide) groups is 1. The zero-order chi connectivity index (χ0) is 22.1. The van der Waals surface area contributed by atoms with Crippen molar-refractivity contribution in [2.24, 2.45) is 5.14 Å². The SMILES string of the molecule is CCn1c(S[C@H](C)C(=O)c2ccc(NC(C)=O)cc2)nc2cc(S(N)(=O)=O)ccc21. The Labute approximate surface area is 178 Å². The van der Waals surface area contributed by atoms with Gasteiger partial charge in [-0.1, -0.05) is 11.8 Å². The number of carbonyl (C=O) groups is 2. The molecule has 0 aliphatic heterocycles. The summed E-state index contributed by atoms with van der Waals surface area (Å²) in [6, 6.07) is 11.3. The van der Waals surface area contributed by atoms with E-state index in [4.69, 9.17) is 5.14 Å². The number of ketones is 1. The molecule has 2 aromatic carbocycles. The number of aromatic nitrogens is 2. The van der Waals surface area contributed by atoms with Crippen LogP contribution in [0.1, 0.15) is 31.1 Å². The van der Waals surface area contributed by atoms with E-state index in [1.54, 1.807) is 37.3 Å². The van der Waals surface area contributed by atoms with Gasteiger partial charge in [0.05, 0.1) is 21.2 Å². The van der Waals surface area contributed by atoms with Crippen LogP contribution in [0.15, 0.2) is 52.5 Å². The molecular weight excluding hydrogens is 424 g/mol. The second kappa shape index (κ2) is 8.58. The lowest BCUT2D eigenvalue weighted by molar-refractivity contribution is -0.114. The first-order valence-electron chi connectivity index (χ1n) is 9.21. The molecule has 1 aromatic heterocycles. The van der Waals surface area contributed by atoms with E-state index in [1.165, 1.54) is 30.8 Å². The monoisotopic (exact) mass is 446 g/mol.